The molecule has 0 saturated heterocycles. The monoisotopic (exact) mass is 567 g/mol. The van der Waals surface area contributed by atoms with Gasteiger partial charge in [0.25, 0.3) is 0 Å². The van der Waals surface area contributed by atoms with Crippen LogP contribution in [0.25, 0.3) is 31.6 Å². The number of benzene rings is 2. The lowest BCUT2D eigenvalue weighted by Gasteiger charge is -2.16. The van der Waals surface area contributed by atoms with Crippen LogP contribution in [0.1, 0.15) is 36.1 Å². The molecule has 0 radical (unpaired) electrons. The summed E-state index contributed by atoms with van der Waals surface area (Å²) in [6.07, 6.45) is 10.7. The molecule has 41 heavy (non-hydrogen) atoms. The van der Waals surface area contributed by atoms with Gasteiger partial charge in [-0.1, -0.05) is 12.1 Å². The Bertz CT molecular complexity index is 1860. The van der Waals surface area contributed by atoms with Gasteiger partial charge < -0.3 is 10.1 Å². The first-order chi connectivity index (χ1) is 20.2. The van der Waals surface area contributed by atoms with Crippen LogP contribution in [-0.4, -0.2) is 43.2 Å². The molecule has 1 N–H and O–H groups in total. The van der Waals surface area contributed by atoms with Gasteiger partial charge in [-0.25, -0.2) is 14.4 Å². The second kappa shape index (κ2) is 11.0. The van der Waals surface area contributed by atoms with Crippen LogP contribution in [0.5, 0.6) is 0 Å². The third-order valence-electron chi connectivity index (χ3n) is 7.74. The van der Waals surface area contributed by atoms with Gasteiger partial charge in [-0.15, -0.1) is 11.3 Å². The third-order valence-corrected chi connectivity index (χ3v) is 8.91. The number of methoxy groups -OCH3 is 1. The van der Waals surface area contributed by atoms with Gasteiger partial charge in [-0.2, -0.15) is 10.2 Å². The van der Waals surface area contributed by atoms with Crippen LogP contribution in [0.15, 0.2) is 61.2 Å². The standard InChI is InChI=1S/C31H30FN7OS/c1-40-13-4-2-3-12-38-27-11-9-24-28-30(33-19-34-31(28)41-29(24)25(27)17-36-38)37-23-8-10-26-21(15-23)16-35-39(26)18-20-6-5-7-22(32)14-20/h5-8,10,14-17,19H,2-4,9,11-13,18H2,1H3,(H,33,34,37). The number of nitrogens with zero attached hydrogens (tertiary/aromatic N) is 6. The van der Waals surface area contributed by atoms with Crippen molar-refractivity contribution < 1.29 is 9.13 Å². The van der Waals surface area contributed by atoms with Crippen molar-refractivity contribution in [1.82, 2.24) is 29.5 Å². The number of halogens is 1. The van der Waals surface area contributed by atoms with Crippen LogP contribution < -0.4 is 5.32 Å². The SMILES string of the molecule is COCCCCCn1ncc2c1CCc1c-2sc2ncnc(Nc3ccc4c(cnn4Cc4cccc(F)c4)c3)c12. The molecule has 0 amide bonds. The lowest BCUT2D eigenvalue weighted by molar-refractivity contribution is 0.191. The highest BCUT2D eigenvalue weighted by molar-refractivity contribution is 7.22. The van der Waals surface area contributed by atoms with Crippen molar-refractivity contribution in [2.45, 2.75) is 45.2 Å². The molecule has 0 aliphatic heterocycles. The number of rotatable bonds is 10. The van der Waals surface area contributed by atoms with Crippen molar-refractivity contribution >= 4 is 44.0 Å². The molecule has 4 aromatic heterocycles. The van der Waals surface area contributed by atoms with Gasteiger partial charge in [0.1, 0.15) is 22.8 Å². The fourth-order valence-electron chi connectivity index (χ4n) is 5.76. The van der Waals surface area contributed by atoms with E-state index in [0.29, 0.717) is 6.54 Å². The zero-order chi connectivity index (χ0) is 27.8. The van der Waals surface area contributed by atoms with E-state index in [-0.39, 0.29) is 5.82 Å². The van der Waals surface area contributed by atoms with Crippen molar-refractivity contribution in [2.75, 3.05) is 19.0 Å². The van der Waals surface area contributed by atoms with E-state index >= 15 is 0 Å². The highest BCUT2D eigenvalue weighted by Crippen LogP contribution is 2.45. The smallest absolute Gasteiger partial charge is 0.142 e. The zero-order valence-corrected chi connectivity index (χ0v) is 23.6. The van der Waals surface area contributed by atoms with Crippen LogP contribution in [-0.2, 0) is 30.7 Å². The first-order valence-electron chi connectivity index (χ1n) is 14.0. The van der Waals surface area contributed by atoms with Gasteiger partial charge >= 0.3 is 0 Å². The Hall–Kier alpha value is -4.15. The lowest BCUT2D eigenvalue weighted by atomic mass is 9.95. The number of fused-ring (bicyclic) bond motifs is 6. The maximum absolute atomic E-state index is 13.7. The number of ether oxygens (including phenoxy) is 1. The fraction of sp³-hybridized carbons (Fsp3) is 0.290. The van der Waals surface area contributed by atoms with Gasteiger partial charge in [-0.3, -0.25) is 9.36 Å². The first-order valence-corrected chi connectivity index (χ1v) is 14.8. The fourth-order valence-corrected chi connectivity index (χ4v) is 6.99. The minimum Gasteiger partial charge on any atom is -0.385 e. The molecule has 0 unspecified atom stereocenters. The molecule has 4 heterocycles. The number of hydrogen-bond donors (Lipinski definition) is 1. The van der Waals surface area contributed by atoms with Crippen molar-refractivity contribution in [2.24, 2.45) is 0 Å². The van der Waals surface area contributed by atoms with E-state index in [1.165, 1.54) is 27.8 Å². The van der Waals surface area contributed by atoms with Gasteiger partial charge in [0, 0.05) is 47.5 Å². The van der Waals surface area contributed by atoms with Gasteiger partial charge in [0.15, 0.2) is 0 Å². The predicted octanol–water partition coefficient (Wildman–Crippen LogP) is 6.75. The molecule has 6 aromatic rings. The highest BCUT2D eigenvalue weighted by atomic mass is 32.1. The average Bonchev–Trinajstić information content (AvgIpc) is 3.68. The van der Waals surface area contributed by atoms with Crippen LogP contribution in [0.4, 0.5) is 15.9 Å². The summed E-state index contributed by atoms with van der Waals surface area (Å²) in [7, 11) is 1.75. The molecule has 8 nitrogen and oxygen atoms in total. The Kier molecular flexibility index (Phi) is 6.93. The van der Waals surface area contributed by atoms with Gasteiger partial charge in [0.05, 0.1) is 29.8 Å². The number of unbranched alkanes of at least 4 members (excludes halogenated alkanes) is 2. The second-order valence-electron chi connectivity index (χ2n) is 10.4. The van der Waals surface area contributed by atoms with Crippen LogP contribution in [0.3, 0.4) is 0 Å². The normalized spacial score (nSPS) is 12.6. The summed E-state index contributed by atoms with van der Waals surface area (Å²) < 4.78 is 22.9. The molecule has 2 aromatic carbocycles. The number of anilines is 2. The summed E-state index contributed by atoms with van der Waals surface area (Å²) >= 11 is 1.72. The number of hydrogen-bond acceptors (Lipinski definition) is 7. The summed E-state index contributed by atoms with van der Waals surface area (Å²) in [4.78, 5) is 11.5. The molecule has 0 spiro atoms. The maximum atomic E-state index is 13.7. The van der Waals surface area contributed by atoms with Gasteiger partial charge in [-0.05, 0) is 73.6 Å². The number of nitrogens with one attached hydrogen (secondary N) is 1. The maximum Gasteiger partial charge on any atom is 0.142 e. The summed E-state index contributed by atoms with van der Waals surface area (Å²) in [5.74, 6) is 0.573. The van der Waals surface area contributed by atoms with Crippen LogP contribution in [0, 0.1) is 5.82 Å². The zero-order valence-electron chi connectivity index (χ0n) is 22.8. The van der Waals surface area contributed by atoms with E-state index < -0.39 is 0 Å². The molecule has 0 fully saturated rings. The van der Waals surface area contributed by atoms with E-state index in [1.807, 2.05) is 35.3 Å². The summed E-state index contributed by atoms with van der Waals surface area (Å²) in [6, 6.07) is 12.8. The molecular formula is C31H30FN7OS. The topological polar surface area (TPSA) is 82.7 Å². The first kappa shape index (κ1) is 25.8. The molecule has 208 valence electrons. The molecule has 10 heteroatoms. The van der Waals surface area contributed by atoms with E-state index in [9.17, 15) is 4.39 Å². The largest absolute Gasteiger partial charge is 0.385 e. The average molecular weight is 568 g/mol. The third kappa shape index (κ3) is 4.98. The van der Waals surface area contributed by atoms with E-state index in [1.54, 1.807) is 36.9 Å². The van der Waals surface area contributed by atoms with Crippen LogP contribution >= 0.6 is 11.3 Å². The second-order valence-corrected chi connectivity index (χ2v) is 11.4. The molecule has 1 aliphatic carbocycles. The van der Waals surface area contributed by atoms with Gasteiger partial charge in [0.2, 0.25) is 0 Å². The summed E-state index contributed by atoms with van der Waals surface area (Å²) in [5.41, 5.74) is 6.63. The molecule has 0 saturated carbocycles. The molecular weight excluding hydrogens is 537 g/mol. The minimum absolute atomic E-state index is 0.240. The molecule has 1 aliphatic rings. The van der Waals surface area contributed by atoms with Crippen molar-refractivity contribution in [1.29, 1.82) is 0 Å². The Labute approximate surface area is 240 Å². The quantitative estimate of drug-likeness (QED) is 0.184. The lowest BCUT2D eigenvalue weighted by Crippen LogP contribution is -2.10. The Balaban J connectivity index is 1.14. The predicted molar refractivity (Wildman–Crippen MR) is 160 cm³/mol. The number of thiophene rings is 1. The Morgan fingerprint density at radius 3 is 2.83 bits per heavy atom. The Morgan fingerprint density at radius 1 is 1.00 bits per heavy atom. The molecule has 0 atom stereocenters. The van der Waals surface area contributed by atoms with E-state index in [2.05, 4.69) is 31.1 Å². The van der Waals surface area contributed by atoms with Crippen LogP contribution in [0.2, 0.25) is 0 Å². The number of aryl methyl sites for hydroxylation is 2. The van der Waals surface area contributed by atoms with E-state index in [4.69, 9.17) is 9.84 Å². The number of aromatic nitrogens is 6. The minimum atomic E-state index is -0.240. The Morgan fingerprint density at radius 2 is 1.93 bits per heavy atom. The van der Waals surface area contributed by atoms with Crippen molar-refractivity contribution in [3.05, 3.63) is 83.8 Å². The molecule has 0 bridgehead atoms. The highest BCUT2D eigenvalue weighted by Gasteiger charge is 2.27. The van der Waals surface area contributed by atoms with Crippen molar-refractivity contribution in [3.8, 4) is 10.4 Å². The summed E-state index contributed by atoms with van der Waals surface area (Å²) in [5, 5.41) is 14.9. The molecule has 7 rings (SSSR count). The van der Waals surface area contributed by atoms with E-state index in [0.717, 1.165) is 83.4 Å². The summed E-state index contributed by atoms with van der Waals surface area (Å²) in [6.45, 7) is 2.26. The van der Waals surface area contributed by atoms with Crippen molar-refractivity contribution in [3.63, 3.8) is 0 Å².